The normalized spacial score (nSPS) is 10.2. The highest BCUT2D eigenvalue weighted by atomic mass is 19.1. The summed E-state index contributed by atoms with van der Waals surface area (Å²) < 4.78 is 18.2. The van der Waals surface area contributed by atoms with E-state index in [0.29, 0.717) is 17.3 Å². The fourth-order valence-electron chi connectivity index (χ4n) is 1.52. The summed E-state index contributed by atoms with van der Waals surface area (Å²) in [5.41, 5.74) is 0.358. The van der Waals surface area contributed by atoms with Crippen LogP contribution in [0.25, 0.3) is 0 Å². The lowest BCUT2D eigenvalue weighted by Crippen LogP contribution is -2.05. The van der Waals surface area contributed by atoms with E-state index in [1.807, 2.05) is 0 Å². The molecule has 0 aliphatic carbocycles. The standard InChI is InChI=1S/C13H11FN2O3/c1-8-15-10(7-13(17)18)6-12(16-8)19-11-4-2-9(14)3-5-11/h2-6H,7H2,1H3,(H,17,18). The van der Waals surface area contributed by atoms with Crippen molar-refractivity contribution in [2.75, 3.05) is 0 Å². The number of carboxylic acids is 1. The van der Waals surface area contributed by atoms with Crippen LogP contribution < -0.4 is 4.74 Å². The molecule has 19 heavy (non-hydrogen) atoms. The molecule has 0 atom stereocenters. The number of carboxylic acid groups (broad SMARTS) is 1. The van der Waals surface area contributed by atoms with Crippen molar-refractivity contribution in [2.45, 2.75) is 13.3 Å². The number of hydrogen-bond donors (Lipinski definition) is 1. The molecule has 98 valence electrons. The van der Waals surface area contributed by atoms with Gasteiger partial charge < -0.3 is 9.84 Å². The molecule has 1 heterocycles. The Morgan fingerprint density at radius 3 is 2.63 bits per heavy atom. The van der Waals surface area contributed by atoms with Crippen molar-refractivity contribution < 1.29 is 19.0 Å². The molecule has 0 unspecified atom stereocenters. The molecule has 6 heteroatoms. The fraction of sp³-hybridized carbons (Fsp3) is 0.154. The highest BCUT2D eigenvalue weighted by molar-refractivity contribution is 5.69. The summed E-state index contributed by atoms with van der Waals surface area (Å²) in [7, 11) is 0. The van der Waals surface area contributed by atoms with Gasteiger partial charge in [-0.1, -0.05) is 0 Å². The molecule has 0 saturated heterocycles. The largest absolute Gasteiger partial charge is 0.481 e. The van der Waals surface area contributed by atoms with E-state index in [-0.39, 0.29) is 18.1 Å². The summed E-state index contributed by atoms with van der Waals surface area (Å²) in [6.45, 7) is 1.64. The number of benzene rings is 1. The van der Waals surface area contributed by atoms with Crippen LogP contribution in [-0.2, 0) is 11.2 Å². The van der Waals surface area contributed by atoms with Crippen molar-refractivity contribution in [3.63, 3.8) is 0 Å². The summed E-state index contributed by atoms with van der Waals surface area (Å²) >= 11 is 0. The van der Waals surface area contributed by atoms with Gasteiger partial charge in [0.05, 0.1) is 12.1 Å². The van der Waals surface area contributed by atoms with E-state index in [2.05, 4.69) is 9.97 Å². The Bertz CT molecular complexity index is 599. The van der Waals surface area contributed by atoms with Gasteiger partial charge in [-0.05, 0) is 31.2 Å². The minimum Gasteiger partial charge on any atom is -0.481 e. The molecule has 1 N–H and O–H groups in total. The van der Waals surface area contributed by atoms with Gasteiger partial charge in [-0.25, -0.2) is 9.37 Å². The number of rotatable bonds is 4. The van der Waals surface area contributed by atoms with Crippen molar-refractivity contribution in [3.05, 3.63) is 47.7 Å². The number of aromatic nitrogens is 2. The minimum absolute atomic E-state index is 0.205. The number of aliphatic carboxylic acids is 1. The van der Waals surface area contributed by atoms with E-state index in [1.165, 1.54) is 30.3 Å². The van der Waals surface area contributed by atoms with Crippen LogP contribution in [-0.4, -0.2) is 21.0 Å². The van der Waals surface area contributed by atoms with Gasteiger partial charge in [0.1, 0.15) is 17.4 Å². The molecule has 0 radical (unpaired) electrons. The maximum atomic E-state index is 12.8. The first-order valence-corrected chi connectivity index (χ1v) is 5.53. The molecule has 2 aromatic rings. The zero-order valence-electron chi connectivity index (χ0n) is 10.1. The lowest BCUT2D eigenvalue weighted by molar-refractivity contribution is -0.136. The monoisotopic (exact) mass is 262 g/mol. The van der Waals surface area contributed by atoms with Gasteiger partial charge in [-0.3, -0.25) is 4.79 Å². The Hall–Kier alpha value is -2.50. The predicted octanol–water partition coefficient (Wildman–Crippen LogP) is 2.34. The van der Waals surface area contributed by atoms with E-state index in [1.54, 1.807) is 6.92 Å². The van der Waals surface area contributed by atoms with Crippen LogP contribution in [0.15, 0.2) is 30.3 Å². The number of ether oxygens (including phenoxy) is 1. The van der Waals surface area contributed by atoms with E-state index < -0.39 is 5.97 Å². The molecular formula is C13H11FN2O3. The number of nitrogens with zero attached hydrogens (tertiary/aromatic N) is 2. The van der Waals surface area contributed by atoms with Crippen LogP contribution >= 0.6 is 0 Å². The third-order valence-electron chi connectivity index (χ3n) is 2.24. The first-order valence-electron chi connectivity index (χ1n) is 5.53. The van der Waals surface area contributed by atoms with Crippen LogP contribution in [0.3, 0.4) is 0 Å². The zero-order chi connectivity index (χ0) is 13.8. The first kappa shape index (κ1) is 12.9. The molecule has 0 amide bonds. The lowest BCUT2D eigenvalue weighted by Gasteiger charge is -2.06. The molecule has 0 saturated carbocycles. The molecule has 0 aliphatic rings. The number of aryl methyl sites for hydroxylation is 1. The smallest absolute Gasteiger partial charge is 0.309 e. The summed E-state index contributed by atoms with van der Waals surface area (Å²) in [6.07, 6.45) is -0.205. The Morgan fingerprint density at radius 2 is 2.00 bits per heavy atom. The van der Waals surface area contributed by atoms with Gasteiger partial charge in [-0.2, -0.15) is 4.98 Å². The zero-order valence-corrected chi connectivity index (χ0v) is 10.1. The minimum atomic E-state index is -0.981. The molecule has 1 aromatic heterocycles. The summed E-state index contributed by atoms with van der Waals surface area (Å²) in [4.78, 5) is 18.7. The molecule has 0 spiro atoms. The Morgan fingerprint density at radius 1 is 1.32 bits per heavy atom. The Labute approximate surface area is 108 Å². The van der Waals surface area contributed by atoms with E-state index in [0.717, 1.165) is 0 Å². The van der Waals surface area contributed by atoms with Crippen LogP contribution in [0.4, 0.5) is 4.39 Å². The van der Waals surface area contributed by atoms with Crippen LogP contribution in [0.5, 0.6) is 11.6 Å². The van der Waals surface area contributed by atoms with Gasteiger partial charge in [0.2, 0.25) is 5.88 Å². The van der Waals surface area contributed by atoms with Crippen molar-refractivity contribution in [3.8, 4) is 11.6 Å². The fourth-order valence-corrected chi connectivity index (χ4v) is 1.52. The molecule has 0 bridgehead atoms. The summed E-state index contributed by atoms with van der Waals surface area (Å²) in [5.74, 6) is -0.282. The Kier molecular flexibility index (Phi) is 3.70. The summed E-state index contributed by atoms with van der Waals surface area (Å²) in [5, 5.41) is 8.73. The molecule has 5 nitrogen and oxygen atoms in total. The summed E-state index contributed by atoms with van der Waals surface area (Å²) in [6, 6.07) is 6.90. The number of carbonyl (C=O) groups is 1. The highest BCUT2D eigenvalue weighted by Gasteiger charge is 2.07. The van der Waals surface area contributed by atoms with Crippen LogP contribution in [0.2, 0.25) is 0 Å². The number of halogens is 1. The third kappa shape index (κ3) is 3.74. The predicted molar refractivity (Wildman–Crippen MR) is 64.6 cm³/mol. The van der Waals surface area contributed by atoms with E-state index in [4.69, 9.17) is 9.84 Å². The van der Waals surface area contributed by atoms with Gasteiger partial charge in [-0.15, -0.1) is 0 Å². The van der Waals surface area contributed by atoms with Crippen molar-refractivity contribution >= 4 is 5.97 Å². The quantitative estimate of drug-likeness (QED) is 0.915. The highest BCUT2D eigenvalue weighted by Crippen LogP contribution is 2.20. The van der Waals surface area contributed by atoms with Crippen LogP contribution in [0, 0.1) is 12.7 Å². The second-order valence-corrected chi connectivity index (χ2v) is 3.87. The Balaban J connectivity index is 2.22. The molecular weight excluding hydrogens is 251 g/mol. The SMILES string of the molecule is Cc1nc(CC(=O)O)cc(Oc2ccc(F)cc2)n1. The number of hydrogen-bond acceptors (Lipinski definition) is 4. The van der Waals surface area contributed by atoms with Crippen molar-refractivity contribution in [2.24, 2.45) is 0 Å². The van der Waals surface area contributed by atoms with Gasteiger partial charge >= 0.3 is 5.97 Å². The molecule has 2 rings (SSSR count). The maximum Gasteiger partial charge on any atom is 0.309 e. The third-order valence-corrected chi connectivity index (χ3v) is 2.24. The van der Waals surface area contributed by atoms with E-state index >= 15 is 0 Å². The van der Waals surface area contributed by atoms with Gasteiger partial charge in [0.25, 0.3) is 0 Å². The average Bonchev–Trinajstić information content (AvgIpc) is 2.30. The van der Waals surface area contributed by atoms with Crippen molar-refractivity contribution in [1.29, 1.82) is 0 Å². The van der Waals surface area contributed by atoms with Gasteiger partial charge in [0.15, 0.2) is 0 Å². The van der Waals surface area contributed by atoms with E-state index in [9.17, 15) is 9.18 Å². The lowest BCUT2D eigenvalue weighted by atomic mass is 10.3. The topological polar surface area (TPSA) is 72.3 Å². The van der Waals surface area contributed by atoms with Gasteiger partial charge in [0, 0.05) is 6.07 Å². The first-order chi connectivity index (χ1) is 9.02. The average molecular weight is 262 g/mol. The molecule has 0 fully saturated rings. The van der Waals surface area contributed by atoms with Crippen molar-refractivity contribution in [1.82, 2.24) is 9.97 Å². The maximum absolute atomic E-state index is 12.8. The van der Waals surface area contributed by atoms with Crippen LogP contribution in [0.1, 0.15) is 11.5 Å². The second kappa shape index (κ2) is 5.43. The molecule has 1 aromatic carbocycles. The molecule has 0 aliphatic heterocycles. The second-order valence-electron chi connectivity index (χ2n) is 3.87.